The first kappa shape index (κ1) is 14.7. The monoisotopic (exact) mass is 281 g/mol. The van der Waals surface area contributed by atoms with Crippen LogP contribution in [0.4, 0.5) is 9.18 Å². The molecule has 0 atom stereocenters. The molecule has 1 amide bonds. The molecular weight excluding hydrogens is 261 g/mol. The minimum atomic E-state index is -0.749. The van der Waals surface area contributed by atoms with Gasteiger partial charge in [0.1, 0.15) is 0 Å². The van der Waals surface area contributed by atoms with E-state index >= 15 is 0 Å². The Morgan fingerprint density at radius 2 is 2.05 bits per heavy atom. The number of rotatable bonds is 1. The summed E-state index contributed by atoms with van der Waals surface area (Å²) in [6.45, 7) is 8.36. The number of amides is 1. The Hall–Kier alpha value is -1.69. The smallest absolute Gasteiger partial charge is 0.405 e. The highest BCUT2D eigenvalue weighted by Crippen LogP contribution is 2.32. The van der Waals surface area contributed by atoms with E-state index in [9.17, 15) is 9.18 Å². The maximum absolute atomic E-state index is 13.9. The summed E-state index contributed by atoms with van der Waals surface area (Å²) in [5.41, 5.74) is 0.302. The largest absolute Gasteiger partial charge is 0.415 e. The zero-order valence-electron chi connectivity index (χ0n) is 12.1. The van der Waals surface area contributed by atoms with Gasteiger partial charge in [-0.3, -0.25) is 0 Å². The first-order valence-electron chi connectivity index (χ1n) is 6.72. The molecule has 1 fully saturated rings. The van der Waals surface area contributed by atoms with E-state index in [4.69, 9.17) is 4.74 Å². The summed E-state index contributed by atoms with van der Waals surface area (Å²) in [6, 6.07) is 1.68. The van der Waals surface area contributed by atoms with Crippen molar-refractivity contribution in [1.82, 2.24) is 15.2 Å². The molecule has 2 heterocycles. The molecule has 5 nitrogen and oxygen atoms in total. The lowest BCUT2D eigenvalue weighted by molar-refractivity contribution is 0.142. The molecule has 1 saturated heterocycles. The summed E-state index contributed by atoms with van der Waals surface area (Å²) in [4.78, 5) is 17.2. The van der Waals surface area contributed by atoms with Crippen LogP contribution in [0.25, 0.3) is 0 Å². The van der Waals surface area contributed by atoms with Crippen molar-refractivity contribution < 1.29 is 13.9 Å². The van der Waals surface area contributed by atoms with E-state index in [-0.39, 0.29) is 11.2 Å². The third kappa shape index (κ3) is 3.25. The summed E-state index contributed by atoms with van der Waals surface area (Å²) in [5.74, 6) is -0.815. The van der Waals surface area contributed by atoms with Gasteiger partial charge >= 0.3 is 6.09 Å². The summed E-state index contributed by atoms with van der Waals surface area (Å²) in [5, 5.41) is 3.14. The van der Waals surface area contributed by atoms with Crippen LogP contribution in [-0.2, 0) is 5.41 Å². The number of hydrogen-bond acceptors (Lipinski definition) is 4. The zero-order chi connectivity index (χ0) is 14.8. The summed E-state index contributed by atoms with van der Waals surface area (Å²) in [6.07, 6.45) is 0.863. The van der Waals surface area contributed by atoms with Crippen molar-refractivity contribution in [1.29, 1.82) is 0 Å². The molecule has 1 aromatic rings. The molecule has 1 aromatic heterocycles. The van der Waals surface area contributed by atoms with E-state index in [0.29, 0.717) is 18.7 Å². The van der Waals surface area contributed by atoms with Crippen LogP contribution in [0.3, 0.4) is 0 Å². The number of aromatic nitrogens is 1. The van der Waals surface area contributed by atoms with E-state index in [1.165, 1.54) is 6.20 Å². The Labute approximate surface area is 118 Å². The van der Waals surface area contributed by atoms with Crippen LogP contribution in [-0.4, -0.2) is 42.2 Å². The van der Waals surface area contributed by atoms with Crippen LogP contribution >= 0.6 is 0 Å². The Balaban J connectivity index is 2.22. The van der Waals surface area contributed by atoms with E-state index in [1.807, 2.05) is 20.8 Å². The van der Waals surface area contributed by atoms with Gasteiger partial charge in [-0.25, -0.2) is 9.78 Å². The van der Waals surface area contributed by atoms with Crippen molar-refractivity contribution in [2.24, 2.45) is 0 Å². The van der Waals surface area contributed by atoms with Gasteiger partial charge in [-0.1, -0.05) is 20.8 Å². The maximum Gasteiger partial charge on any atom is 0.415 e. The minimum Gasteiger partial charge on any atom is -0.405 e. The van der Waals surface area contributed by atoms with Gasteiger partial charge in [0, 0.05) is 37.9 Å². The second-order valence-electron chi connectivity index (χ2n) is 5.83. The lowest BCUT2D eigenvalue weighted by Crippen LogP contribution is -2.47. The number of carbonyl (C=O) groups excluding carboxylic acids is 1. The maximum atomic E-state index is 13.9. The SMILES string of the molecule is CC(C)(C)c1ccnc(F)c1OC(=O)N1CCNCC1. The highest BCUT2D eigenvalue weighted by molar-refractivity contribution is 5.71. The Kier molecular flexibility index (Phi) is 4.23. The van der Waals surface area contributed by atoms with Crippen LogP contribution in [0.15, 0.2) is 12.3 Å². The molecule has 0 saturated carbocycles. The van der Waals surface area contributed by atoms with Crippen molar-refractivity contribution >= 4 is 6.09 Å². The highest BCUT2D eigenvalue weighted by Gasteiger charge is 2.26. The number of carbonyl (C=O) groups is 1. The average Bonchev–Trinajstić information content (AvgIpc) is 2.40. The molecule has 0 aromatic carbocycles. The quantitative estimate of drug-likeness (QED) is 0.799. The molecule has 0 unspecified atom stereocenters. The van der Waals surface area contributed by atoms with E-state index in [1.54, 1.807) is 11.0 Å². The van der Waals surface area contributed by atoms with E-state index in [2.05, 4.69) is 10.3 Å². The molecule has 1 aliphatic heterocycles. The lowest BCUT2D eigenvalue weighted by Gasteiger charge is -2.28. The first-order valence-corrected chi connectivity index (χ1v) is 6.72. The molecule has 0 radical (unpaired) electrons. The number of nitrogens with zero attached hydrogens (tertiary/aromatic N) is 2. The topological polar surface area (TPSA) is 54.5 Å². The fourth-order valence-electron chi connectivity index (χ4n) is 2.11. The van der Waals surface area contributed by atoms with Gasteiger partial charge in [0.15, 0.2) is 5.75 Å². The highest BCUT2D eigenvalue weighted by atomic mass is 19.1. The van der Waals surface area contributed by atoms with Crippen LogP contribution < -0.4 is 10.1 Å². The van der Waals surface area contributed by atoms with E-state index < -0.39 is 12.0 Å². The predicted molar refractivity (Wildman–Crippen MR) is 73.4 cm³/mol. The summed E-state index contributed by atoms with van der Waals surface area (Å²) < 4.78 is 19.2. The van der Waals surface area contributed by atoms with Gasteiger partial charge in [0.25, 0.3) is 5.95 Å². The van der Waals surface area contributed by atoms with Gasteiger partial charge in [0.2, 0.25) is 0 Å². The van der Waals surface area contributed by atoms with Crippen molar-refractivity contribution in [3.63, 3.8) is 0 Å². The van der Waals surface area contributed by atoms with Crippen LogP contribution in [0, 0.1) is 5.95 Å². The van der Waals surface area contributed by atoms with Gasteiger partial charge in [-0.2, -0.15) is 4.39 Å². The molecular formula is C14H20FN3O2. The van der Waals surface area contributed by atoms with Gasteiger partial charge in [0.05, 0.1) is 0 Å². The van der Waals surface area contributed by atoms with Crippen molar-refractivity contribution in [3.8, 4) is 5.75 Å². The fraction of sp³-hybridized carbons (Fsp3) is 0.571. The number of hydrogen-bond donors (Lipinski definition) is 1. The van der Waals surface area contributed by atoms with Crippen LogP contribution in [0.5, 0.6) is 5.75 Å². The number of piperazine rings is 1. The second kappa shape index (κ2) is 5.75. The molecule has 0 spiro atoms. The summed E-state index contributed by atoms with van der Waals surface area (Å²) >= 11 is 0. The standard InChI is InChI=1S/C14H20FN3O2/c1-14(2,3)10-4-5-17-12(15)11(10)20-13(19)18-8-6-16-7-9-18/h4-5,16H,6-9H2,1-3H3. The van der Waals surface area contributed by atoms with Crippen molar-refractivity contribution in [3.05, 3.63) is 23.8 Å². The average molecular weight is 281 g/mol. The minimum absolute atomic E-state index is 0.0662. The lowest BCUT2D eigenvalue weighted by atomic mass is 9.87. The Morgan fingerprint density at radius 3 is 2.65 bits per heavy atom. The molecule has 0 bridgehead atoms. The van der Waals surface area contributed by atoms with Crippen molar-refractivity contribution in [2.75, 3.05) is 26.2 Å². The number of ether oxygens (including phenoxy) is 1. The van der Waals surface area contributed by atoms with Gasteiger partial charge in [-0.15, -0.1) is 0 Å². The van der Waals surface area contributed by atoms with Crippen molar-refractivity contribution in [2.45, 2.75) is 26.2 Å². The third-order valence-corrected chi connectivity index (χ3v) is 3.23. The zero-order valence-corrected chi connectivity index (χ0v) is 12.1. The predicted octanol–water partition coefficient (Wildman–Crippen LogP) is 1.92. The van der Waals surface area contributed by atoms with Crippen LogP contribution in [0.2, 0.25) is 0 Å². The fourth-order valence-corrected chi connectivity index (χ4v) is 2.11. The van der Waals surface area contributed by atoms with Crippen LogP contribution in [0.1, 0.15) is 26.3 Å². The molecule has 6 heteroatoms. The number of halogens is 1. The van der Waals surface area contributed by atoms with Gasteiger partial charge in [-0.05, 0) is 11.5 Å². The third-order valence-electron chi connectivity index (χ3n) is 3.23. The Bertz CT molecular complexity index is 494. The number of pyridine rings is 1. The second-order valence-corrected chi connectivity index (χ2v) is 5.83. The molecule has 2 rings (SSSR count). The molecule has 0 aliphatic carbocycles. The molecule has 20 heavy (non-hydrogen) atoms. The molecule has 1 N–H and O–H groups in total. The summed E-state index contributed by atoms with van der Waals surface area (Å²) in [7, 11) is 0. The van der Waals surface area contributed by atoms with Gasteiger partial charge < -0.3 is 15.0 Å². The normalized spacial score (nSPS) is 16.1. The van der Waals surface area contributed by atoms with E-state index in [0.717, 1.165) is 13.1 Å². The first-order chi connectivity index (χ1) is 9.39. The number of nitrogens with one attached hydrogen (secondary N) is 1. The molecule has 110 valence electrons. The molecule has 1 aliphatic rings. The Morgan fingerprint density at radius 1 is 1.40 bits per heavy atom.